The molecule has 3 unspecified atom stereocenters. The minimum atomic E-state index is -0.597. The largest absolute Gasteiger partial charge is 0.507 e. The van der Waals surface area contributed by atoms with Crippen LogP contribution in [0, 0.1) is 24.2 Å². The number of aromatic nitrogens is 3. The number of carbonyl (C=O) groups excluding carboxylic acids is 1. The summed E-state index contributed by atoms with van der Waals surface area (Å²) in [4.78, 5) is 29.0. The molecule has 0 bridgehead atoms. The normalized spacial score (nSPS) is 23.0. The minimum absolute atomic E-state index is 0.0130. The fraction of sp³-hybridized carbons (Fsp3) is 0.585. The molecule has 0 spiro atoms. The first-order valence-electron chi connectivity index (χ1n) is 25.4. The smallest absolute Gasteiger partial charge is 0.235 e. The number of rotatable bonds is 14. The van der Waals surface area contributed by atoms with Crippen molar-refractivity contribution in [1.29, 1.82) is 0 Å². The number of anilines is 3. The lowest BCUT2D eigenvalue weighted by Crippen LogP contribution is -2.53. The van der Waals surface area contributed by atoms with Crippen LogP contribution in [0.1, 0.15) is 94.6 Å². The number of carbonyl (C=O) groups is 1. The number of phenolic OH excluding ortho intramolecular Hbond substituents is 1. The van der Waals surface area contributed by atoms with Crippen molar-refractivity contribution in [1.82, 2.24) is 40.3 Å². The molecule has 364 valence electrons. The maximum Gasteiger partial charge on any atom is 0.235 e. The molecule has 5 aliphatic rings. The highest BCUT2D eigenvalue weighted by Gasteiger charge is 2.41. The van der Waals surface area contributed by atoms with Gasteiger partial charge in [-0.25, -0.2) is 0 Å². The molecule has 4 N–H and O–H groups in total. The minimum Gasteiger partial charge on any atom is -0.507 e. The zero-order chi connectivity index (χ0) is 47.3. The summed E-state index contributed by atoms with van der Waals surface area (Å²) < 4.78 is 5.99. The molecule has 9 rings (SSSR count). The number of phenols is 1. The second kappa shape index (κ2) is 21.6. The summed E-state index contributed by atoms with van der Waals surface area (Å²) in [5, 5.41) is 41.4. The van der Waals surface area contributed by atoms with Crippen LogP contribution in [0.3, 0.4) is 0 Å². The van der Waals surface area contributed by atoms with Crippen LogP contribution >= 0.6 is 0 Å². The molecule has 5 aliphatic heterocycles. The Morgan fingerprint density at radius 1 is 0.838 bits per heavy atom. The van der Waals surface area contributed by atoms with Crippen LogP contribution in [-0.4, -0.2) is 161 Å². The van der Waals surface area contributed by atoms with Gasteiger partial charge in [0, 0.05) is 101 Å². The van der Waals surface area contributed by atoms with E-state index < -0.39 is 12.0 Å². The number of nitrogens with zero attached hydrogens (tertiary/aromatic N) is 9. The lowest BCUT2D eigenvalue weighted by atomic mass is 9.91. The number of aliphatic hydroxyl groups is 1. The number of aromatic hydroxyl groups is 1. The third-order valence-corrected chi connectivity index (χ3v) is 15.7. The van der Waals surface area contributed by atoms with Crippen LogP contribution in [-0.2, 0) is 4.79 Å². The Morgan fingerprint density at radius 2 is 1.50 bits per heavy atom. The molecule has 0 radical (unpaired) electrons. The number of para-hydroxylation sites is 1. The van der Waals surface area contributed by atoms with Gasteiger partial charge in [0.25, 0.3) is 0 Å². The molecule has 2 aromatic carbocycles. The topological polar surface area (TPSA) is 153 Å². The number of likely N-dealkylation sites (tertiary alicyclic amines) is 3. The van der Waals surface area contributed by atoms with Crippen LogP contribution in [0.2, 0.25) is 0 Å². The molecule has 1 amide bonds. The summed E-state index contributed by atoms with van der Waals surface area (Å²) >= 11 is 0. The molecule has 15 nitrogen and oxygen atoms in total. The summed E-state index contributed by atoms with van der Waals surface area (Å²) in [6.45, 7) is 18.2. The molecule has 5 saturated heterocycles. The van der Waals surface area contributed by atoms with Crippen LogP contribution in [0.5, 0.6) is 5.75 Å². The highest BCUT2D eigenvalue weighted by Crippen LogP contribution is 2.36. The Labute approximate surface area is 403 Å². The van der Waals surface area contributed by atoms with Gasteiger partial charge in [-0.1, -0.05) is 49.2 Å². The van der Waals surface area contributed by atoms with E-state index in [4.69, 9.17) is 10.9 Å². The molecular weight excluding hydrogens is 855 g/mol. The van der Waals surface area contributed by atoms with Crippen molar-refractivity contribution in [2.45, 2.75) is 102 Å². The Kier molecular flexibility index (Phi) is 15.2. The first-order valence-corrected chi connectivity index (χ1v) is 25.4. The maximum absolute atomic E-state index is 14.3. The average Bonchev–Trinajstić information content (AvgIpc) is 4.01. The molecule has 7 heterocycles. The number of β-amino-alcohol motifs (C(OH)–C–C–N with tert-alkyl or cyclic N) is 1. The fourth-order valence-electron chi connectivity index (χ4n) is 11.7. The highest BCUT2D eigenvalue weighted by molar-refractivity contribution is 5.84. The lowest BCUT2D eigenvalue weighted by Gasteiger charge is -2.46. The monoisotopic (exact) mass is 928 g/mol. The summed E-state index contributed by atoms with van der Waals surface area (Å²) in [7, 11) is 1.89. The number of hydrogen-bond donors (Lipinski definition) is 4. The van der Waals surface area contributed by atoms with E-state index in [-0.39, 0.29) is 36.3 Å². The van der Waals surface area contributed by atoms with Crippen molar-refractivity contribution in [3.63, 3.8) is 0 Å². The molecule has 0 saturated carbocycles. The molecule has 4 aromatic rings. The lowest BCUT2D eigenvalue weighted by molar-refractivity contribution is -0.136. The van der Waals surface area contributed by atoms with Gasteiger partial charge in [-0.2, -0.15) is 0 Å². The summed E-state index contributed by atoms with van der Waals surface area (Å²) in [6, 6.07) is 20.5. The van der Waals surface area contributed by atoms with Crippen molar-refractivity contribution < 1.29 is 19.5 Å². The van der Waals surface area contributed by atoms with Crippen LogP contribution < -0.4 is 20.4 Å². The van der Waals surface area contributed by atoms with Gasteiger partial charge in [0.2, 0.25) is 5.91 Å². The number of nitrogens with one attached hydrogen (secondary N) is 2. The number of piperazine rings is 1. The Morgan fingerprint density at radius 3 is 2.15 bits per heavy atom. The third-order valence-electron chi connectivity index (χ3n) is 15.7. The molecule has 68 heavy (non-hydrogen) atoms. The van der Waals surface area contributed by atoms with Gasteiger partial charge in [0.05, 0.1) is 23.7 Å². The van der Waals surface area contributed by atoms with E-state index in [0.29, 0.717) is 35.5 Å². The molecule has 4 atom stereocenters. The van der Waals surface area contributed by atoms with Crippen molar-refractivity contribution in [3.05, 3.63) is 77.6 Å². The van der Waals surface area contributed by atoms with Gasteiger partial charge >= 0.3 is 0 Å². The molecular formula is C53H73N11O4. The van der Waals surface area contributed by atoms with Crippen LogP contribution in [0.4, 0.5) is 17.3 Å². The van der Waals surface area contributed by atoms with Gasteiger partial charge in [0.15, 0.2) is 17.4 Å². The van der Waals surface area contributed by atoms with E-state index in [2.05, 4.69) is 83.2 Å². The highest BCUT2D eigenvalue weighted by atomic mass is 16.5. The number of aliphatic hydroxyl groups excluding tert-OH is 1. The van der Waals surface area contributed by atoms with E-state index in [1.54, 1.807) is 11.0 Å². The Bertz CT molecular complexity index is 2320. The quantitative estimate of drug-likeness (QED) is 0.112. The van der Waals surface area contributed by atoms with Crippen LogP contribution in [0.25, 0.3) is 11.3 Å². The molecule has 0 aliphatic carbocycles. The van der Waals surface area contributed by atoms with Crippen molar-refractivity contribution in [2.75, 3.05) is 101 Å². The number of benzene rings is 2. The first kappa shape index (κ1) is 47.8. The zero-order valence-corrected chi connectivity index (χ0v) is 40.6. The predicted octanol–water partition coefficient (Wildman–Crippen LogP) is 5.84. The van der Waals surface area contributed by atoms with Crippen molar-refractivity contribution >= 4 is 23.2 Å². The SMILES string of the molecule is C#Cc1ccc([C@H](C)NC2CC(O)CN2C(=O)C(c2cc(N3CCC(N4CCC(N5CCC(CN6CCN(c7cc(-c8ccccc8O)nnc7NC)CC6)CC5)CC4)CC3)no2)C(C)C)cc1. The summed E-state index contributed by atoms with van der Waals surface area (Å²) in [5.41, 5.74) is 4.32. The van der Waals surface area contributed by atoms with Gasteiger partial charge in [-0.15, -0.1) is 16.6 Å². The van der Waals surface area contributed by atoms with Gasteiger partial charge in [0.1, 0.15) is 11.7 Å². The molecule has 2 aromatic heterocycles. The fourth-order valence-corrected chi connectivity index (χ4v) is 11.7. The van der Waals surface area contributed by atoms with Crippen molar-refractivity contribution in [3.8, 4) is 29.4 Å². The van der Waals surface area contributed by atoms with Gasteiger partial charge < -0.3 is 44.6 Å². The summed E-state index contributed by atoms with van der Waals surface area (Å²) in [6.07, 6.45) is 12.4. The first-order chi connectivity index (χ1) is 33.0. The number of piperidine rings is 3. The number of amides is 1. The van der Waals surface area contributed by atoms with Crippen LogP contribution in [0.15, 0.2) is 65.2 Å². The Balaban J connectivity index is 0.698. The number of terminal acetylenes is 1. The molecule has 15 heteroatoms. The summed E-state index contributed by atoms with van der Waals surface area (Å²) in [5.74, 6) is 5.24. The van der Waals surface area contributed by atoms with E-state index >= 15 is 0 Å². The second-order valence-corrected chi connectivity index (χ2v) is 20.3. The third kappa shape index (κ3) is 10.8. The van der Waals surface area contributed by atoms with E-state index in [1.807, 2.05) is 55.6 Å². The van der Waals surface area contributed by atoms with E-state index in [1.165, 1.54) is 58.4 Å². The van der Waals surface area contributed by atoms with Crippen molar-refractivity contribution in [2.24, 2.45) is 11.8 Å². The Hall–Kier alpha value is -5.24. The van der Waals surface area contributed by atoms with Gasteiger partial charge in [-0.05, 0) is 119 Å². The number of hydrogen-bond acceptors (Lipinski definition) is 14. The molecule has 5 fully saturated rings. The predicted molar refractivity (Wildman–Crippen MR) is 268 cm³/mol. The van der Waals surface area contributed by atoms with Gasteiger partial charge in [-0.3, -0.25) is 15.0 Å². The van der Waals surface area contributed by atoms with E-state index in [9.17, 15) is 15.0 Å². The zero-order valence-electron chi connectivity index (χ0n) is 40.6. The van der Waals surface area contributed by atoms with E-state index in [0.717, 1.165) is 86.5 Å². The standard InChI is InChI=1S/C53H73N11O4/c1-6-38-11-13-40(14-12-38)37(4)55-49-31-43(65)35-64(49)53(67)51(36(2)3)48-33-50(58-68-48)63-25-19-42(20-26-63)61-23-17-41(18-24-61)60-21-15-39(16-22-60)34-59-27-29-62(30-28-59)46-32-45(56-57-52(46)54-5)44-9-7-8-10-47(44)66/h1,7-14,32-33,36-37,39,41-43,49,51,55,65-66H,15-31,34-35H2,2-5H3,(H,54,57)/t37-,43?,49?,51?/m0/s1. The average molecular weight is 928 g/mol. The maximum atomic E-state index is 14.3. The second-order valence-electron chi connectivity index (χ2n) is 20.3.